The standard InChI is InChI=1S/C11H12BrNO2/c1-15-10(14)11(13)5-7-3-2-4-9(12)8(7)6-11/h2-4H,5-6,13H2,1H3. The largest absolute Gasteiger partial charge is 0.468 e. The average Bonchev–Trinajstić information content (AvgIpc) is 2.57. The van der Waals surface area contributed by atoms with Gasteiger partial charge in [0.15, 0.2) is 0 Å². The lowest BCUT2D eigenvalue weighted by atomic mass is 9.98. The van der Waals surface area contributed by atoms with Crippen molar-refractivity contribution in [1.82, 2.24) is 0 Å². The molecule has 80 valence electrons. The third-order valence-electron chi connectivity index (χ3n) is 2.81. The van der Waals surface area contributed by atoms with Crippen LogP contribution < -0.4 is 5.73 Å². The molecule has 0 fully saturated rings. The Labute approximate surface area is 96.7 Å². The Morgan fingerprint density at radius 3 is 2.87 bits per heavy atom. The fraction of sp³-hybridized carbons (Fsp3) is 0.364. The van der Waals surface area contributed by atoms with Crippen LogP contribution in [0.15, 0.2) is 22.7 Å². The molecular weight excluding hydrogens is 258 g/mol. The molecule has 0 aromatic heterocycles. The molecule has 0 amide bonds. The zero-order valence-corrected chi connectivity index (χ0v) is 10.0. The van der Waals surface area contributed by atoms with Crippen molar-refractivity contribution in [3.05, 3.63) is 33.8 Å². The van der Waals surface area contributed by atoms with E-state index in [2.05, 4.69) is 15.9 Å². The molecule has 4 heteroatoms. The maximum absolute atomic E-state index is 11.6. The van der Waals surface area contributed by atoms with Crippen molar-refractivity contribution in [2.45, 2.75) is 18.4 Å². The number of rotatable bonds is 1. The Hall–Kier alpha value is -0.870. The number of halogens is 1. The predicted molar refractivity (Wildman–Crippen MR) is 60.5 cm³/mol. The summed E-state index contributed by atoms with van der Waals surface area (Å²) in [6.45, 7) is 0. The van der Waals surface area contributed by atoms with Crippen molar-refractivity contribution < 1.29 is 9.53 Å². The highest BCUT2D eigenvalue weighted by atomic mass is 79.9. The molecule has 15 heavy (non-hydrogen) atoms. The maximum atomic E-state index is 11.6. The zero-order valence-electron chi connectivity index (χ0n) is 8.42. The lowest BCUT2D eigenvalue weighted by Gasteiger charge is -2.19. The molecule has 0 aliphatic heterocycles. The van der Waals surface area contributed by atoms with E-state index in [1.807, 2.05) is 18.2 Å². The van der Waals surface area contributed by atoms with E-state index in [1.165, 1.54) is 7.11 Å². The van der Waals surface area contributed by atoms with E-state index >= 15 is 0 Å². The average molecular weight is 270 g/mol. The summed E-state index contributed by atoms with van der Waals surface area (Å²) >= 11 is 3.46. The van der Waals surface area contributed by atoms with Crippen LogP contribution in [0, 0.1) is 0 Å². The van der Waals surface area contributed by atoms with Crippen LogP contribution in [-0.2, 0) is 22.4 Å². The molecule has 1 aromatic rings. The normalized spacial score (nSPS) is 23.7. The number of hydrogen-bond acceptors (Lipinski definition) is 3. The first-order valence-corrected chi connectivity index (χ1v) is 5.50. The van der Waals surface area contributed by atoms with Gasteiger partial charge in [0, 0.05) is 17.3 Å². The molecule has 1 unspecified atom stereocenters. The molecule has 0 radical (unpaired) electrons. The molecule has 0 heterocycles. The molecule has 2 rings (SSSR count). The lowest BCUT2D eigenvalue weighted by Crippen LogP contribution is -2.49. The van der Waals surface area contributed by atoms with E-state index in [9.17, 15) is 4.79 Å². The summed E-state index contributed by atoms with van der Waals surface area (Å²) < 4.78 is 5.74. The highest BCUT2D eigenvalue weighted by Crippen LogP contribution is 2.33. The summed E-state index contributed by atoms with van der Waals surface area (Å²) in [5, 5.41) is 0. The molecule has 1 aliphatic carbocycles. The highest BCUT2D eigenvalue weighted by Gasteiger charge is 2.41. The predicted octanol–water partition coefficient (Wildman–Crippen LogP) is 1.42. The van der Waals surface area contributed by atoms with Gasteiger partial charge in [0.25, 0.3) is 0 Å². The number of benzene rings is 1. The van der Waals surface area contributed by atoms with Crippen molar-refractivity contribution in [2.75, 3.05) is 7.11 Å². The number of carbonyl (C=O) groups is 1. The van der Waals surface area contributed by atoms with Gasteiger partial charge in [-0.2, -0.15) is 0 Å². The van der Waals surface area contributed by atoms with Crippen molar-refractivity contribution >= 4 is 21.9 Å². The van der Waals surface area contributed by atoms with Gasteiger partial charge in [0.1, 0.15) is 5.54 Å². The summed E-state index contributed by atoms with van der Waals surface area (Å²) in [5.74, 6) is -0.342. The number of esters is 1. The van der Waals surface area contributed by atoms with Crippen LogP contribution in [0.2, 0.25) is 0 Å². The number of fused-ring (bicyclic) bond motifs is 1. The van der Waals surface area contributed by atoms with Gasteiger partial charge in [-0.05, 0) is 17.2 Å². The van der Waals surface area contributed by atoms with Crippen LogP contribution in [-0.4, -0.2) is 18.6 Å². The lowest BCUT2D eigenvalue weighted by molar-refractivity contribution is -0.146. The molecule has 0 saturated heterocycles. The quantitative estimate of drug-likeness (QED) is 0.785. The highest BCUT2D eigenvalue weighted by molar-refractivity contribution is 9.10. The molecule has 0 spiro atoms. The third kappa shape index (κ3) is 1.68. The summed E-state index contributed by atoms with van der Waals surface area (Å²) in [7, 11) is 1.37. The van der Waals surface area contributed by atoms with Gasteiger partial charge in [-0.3, -0.25) is 4.79 Å². The van der Waals surface area contributed by atoms with E-state index in [4.69, 9.17) is 10.5 Å². The van der Waals surface area contributed by atoms with Crippen LogP contribution in [0.4, 0.5) is 0 Å². The fourth-order valence-corrected chi connectivity index (χ4v) is 2.58. The Morgan fingerprint density at radius 1 is 1.53 bits per heavy atom. The minimum absolute atomic E-state index is 0.342. The number of nitrogens with two attached hydrogens (primary N) is 1. The molecule has 1 aromatic carbocycles. The van der Waals surface area contributed by atoms with E-state index < -0.39 is 5.54 Å². The van der Waals surface area contributed by atoms with Crippen molar-refractivity contribution in [1.29, 1.82) is 0 Å². The topological polar surface area (TPSA) is 52.3 Å². The van der Waals surface area contributed by atoms with Gasteiger partial charge in [-0.1, -0.05) is 28.1 Å². The van der Waals surface area contributed by atoms with E-state index in [0.717, 1.165) is 15.6 Å². The second kappa shape index (κ2) is 3.61. The van der Waals surface area contributed by atoms with Crippen molar-refractivity contribution in [2.24, 2.45) is 5.73 Å². The monoisotopic (exact) mass is 269 g/mol. The van der Waals surface area contributed by atoms with E-state index in [1.54, 1.807) is 0 Å². The summed E-state index contributed by atoms with van der Waals surface area (Å²) in [4.78, 5) is 11.6. The van der Waals surface area contributed by atoms with Gasteiger partial charge in [0.05, 0.1) is 7.11 Å². The van der Waals surface area contributed by atoms with Crippen LogP contribution in [0.5, 0.6) is 0 Å². The molecular formula is C11H12BrNO2. The first-order chi connectivity index (χ1) is 7.07. The maximum Gasteiger partial charge on any atom is 0.326 e. The first-order valence-electron chi connectivity index (χ1n) is 4.70. The van der Waals surface area contributed by atoms with Gasteiger partial charge in [-0.15, -0.1) is 0 Å². The Balaban J connectivity index is 2.37. The fourth-order valence-electron chi connectivity index (χ4n) is 2.03. The van der Waals surface area contributed by atoms with Gasteiger partial charge in [0.2, 0.25) is 0 Å². The number of carbonyl (C=O) groups excluding carboxylic acids is 1. The summed E-state index contributed by atoms with van der Waals surface area (Å²) in [6.07, 6.45) is 1.09. The number of hydrogen-bond donors (Lipinski definition) is 1. The van der Waals surface area contributed by atoms with E-state index in [-0.39, 0.29) is 5.97 Å². The summed E-state index contributed by atoms with van der Waals surface area (Å²) in [5.41, 5.74) is 7.39. The van der Waals surface area contributed by atoms with Crippen molar-refractivity contribution in [3.63, 3.8) is 0 Å². The third-order valence-corrected chi connectivity index (χ3v) is 3.55. The molecule has 2 N–H and O–H groups in total. The van der Waals surface area contributed by atoms with Crippen LogP contribution in [0.1, 0.15) is 11.1 Å². The Kier molecular flexibility index (Phi) is 2.56. The van der Waals surface area contributed by atoms with Crippen LogP contribution in [0.3, 0.4) is 0 Å². The minimum atomic E-state index is -0.888. The van der Waals surface area contributed by atoms with Crippen LogP contribution >= 0.6 is 15.9 Å². The molecule has 1 aliphatic rings. The van der Waals surface area contributed by atoms with Gasteiger partial charge < -0.3 is 10.5 Å². The zero-order chi connectivity index (χ0) is 11.1. The van der Waals surface area contributed by atoms with E-state index in [0.29, 0.717) is 12.8 Å². The van der Waals surface area contributed by atoms with Gasteiger partial charge >= 0.3 is 5.97 Å². The number of ether oxygens (including phenoxy) is 1. The molecule has 3 nitrogen and oxygen atoms in total. The minimum Gasteiger partial charge on any atom is -0.468 e. The Morgan fingerprint density at radius 2 is 2.27 bits per heavy atom. The Bertz CT molecular complexity index is 419. The number of methoxy groups -OCH3 is 1. The first kappa shape index (κ1) is 10.6. The summed E-state index contributed by atoms with van der Waals surface area (Å²) in [6, 6.07) is 5.91. The SMILES string of the molecule is COC(=O)C1(N)Cc2cccc(Br)c2C1. The van der Waals surface area contributed by atoms with Crippen LogP contribution in [0.25, 0.3) is 0 Å². The second-order valence-corrected chi connectivity index (χ2v) is 4.73. The van der Waals surface area contributed by atoms with Crippen molar-refractivity contribution in [3.8, 4) is 0 Å². The smallest absolute Gasteiger partial charge is 0.326 e. The van der Waals surface area contributed by atoms with Gasteiger partial charge in [-0.25, -0.2) is 0 Å². The second-order valence-electron chi connectivity index (χ2n) is 3.88. The molecule has 1 atom stereocenters. The molecule has 0 saturated carbocycles. The molecule has 0 bridgehead atoms.